The van der Waals surface area contributed by atoms with E-state index < -0.39 is 26.7 Å². The molecule has 14 heavy (non-hydrogen) atoms. The summed E-state index contributed by atoms with van der Waals surface area (Å²) in [6, 6.07) is 0. The molecule has 4 nitrogen and oxygen atoms in total. The summed E-state index contributed by atoms with van der Waals surface area (Å²) in [6.45, 7) is 0. The number of hydrogen-bond donors (Lipinski definition) is 1. The Morgan fingerprint density at radius 1 is 1.43 bits per heavy atom. The Hall–Kier alpha value is -0.290. The highest BCUT2D eigenvalue weighted by molar-refractivity contribution is 8.13. The molecular formula is C8H13ClO4S. The van der Waals surface area contributed by atoms with E-state index in [0.29, 0.717) is 0 Å². The molecule has 0 heterocycles. The van der Waals surface area contributed by atoms with Crippen LogP contribution < -0.4 is 0 Å². The first-order chi connectivity index (χ1) is 6.40. The van der Waals surface area contributed by atoms with Crippen molar-refractivity contribution in [1.29, 1.82) is 0 Å². The van der Waals surface area contributed by atoms with Gasteiger partial charge in [0, 0.05) is 10.7 Å². The average molecular weight is 241 g/mol. The van der Waals surface area contributed by atoms with Crippen molar-refractivity contribution in [2.24, 2.45) is 11.8 Å². The van der Waals surface area contributed by atoms with Crippen LogP contribution in [0.5, 0.6) is 0 Å². The average Bonchev–Trinajstić information content (AvgIpc) is 2.49. The second-order valence-electron chi connectivity index (χ2n) is 3.69. The molecule has 6 heteroatoms. The van der Waals surface area contributed by atoms with E-state index in [1.807, 2.05) is 0 Å². The van der Waals surface area contributed by atoms with Gasteiger partial charge in [-0.05, 0) is 18.8 Å². The second kappa shape index (κ2) is 4.49. The largest absolute Gasteiger partial charge is 0.481 e. The van der Waals surface area contributed by atoms with Crippen LogP contribution in [0, 0.1) is 11.8 Å². The van der Waals surface area contributed by atoms with Gasteiger partial charge in [-0.15, -0.1) is 0 Å². The standard InChI is InChI=1S/C8H13ClO4S/c9-14(12,13)5-7(8(10)11)6-3-1-2-4-6/h6-7H,1-5H2,(H,10,11). The molecule has 0 bridgehead atoms. The van der Waals surface area contributed by atoms with Gasteiger partial charge in [0.2, 0.25) is 9.05 Å². The van der Waals surface area contributed by atoms with Crippen molar-refractivity contribution in [2.45, 2.75) is 25.7 Å². The fourth-order valence-corrected chi connectivity index (χ4v) is 3.23. The molecule has 82 valence electrons. The van der Waals surface area contributed by atoms with Crippen LogP contribution in [0.3, 0.4) is 0 Å². The van der Waals surface area contributed by atoms with Crippen molar-refractivity contribution in [2.75, 3.05) is 5.75 Å². The van der Waals surface area contributed by atoms with Gasteiger partial charge in [0.1, 0.15) is 0 Å². The first-order valence-corrected chi connectivity index (χ1v) is 7.03. The Morgan fingerprint density at radius 2 is 1.93 bits per heavy atom. The van der Waals surface area contributed by atoms with E-state index in [-0.39, 0.29) is 5.92 Å². The molecule has 0 aromatic carbocycles. The number of aliphatic carboxylic acids is 1. The van der Waals surface area contributed by atoms with Gasteiger partial charge in [-0.2, -0.15) is 0 Å². The van der Waals surface area contributed by atoms with Gasteiger partial charge < -0.3 is 5.11 Å². The van der Waals surface area contributed by atoms with Gasteiger partial charge in [-0.1, -0.05) is 12.8 Å². The lowest BCUT2D eigenvalue weighted by atomic mass is 9.93. The van der Waals surface area contributed by atoms with Crippen LogP contribution in [0.15, 0.2) is 0 Å². The minimum atomic E-state index is -3.71. The second-order valence-corrected chi connectivity index (χ2v) is 6.52. The fourth-order valence-electron chi connectivity index (χ4n) is 1.98. The maximum atomic E-state index is 10.8. The van der Waals surface area contributed by atoms with Gasteiger partial charge in [0.15, 0.2) is 0 Å². The third kappa shape index (κ3) is 3.46. The molecule has 1 saturated carbocycles. The third-order valence-electron chi connectivity index (χ3n) is 2.66. The number of carboxylic acids is 1. The van der Waals surface area contributed by atoms with Crippen molar-refractivity contribution >= 4 is 25.7 Å². The molecule has 1 fully saturated rings. The highest BCUT2D eigenvalue weighted by Crippen LogP contribution is 2.32. The van der Waals surface area contributed by atoms with Gasteiger partial charge in [-0.3, -0.25) is 4.79 Å². The Morgan fingerprint density at radius 3 is 2.29 bits per heavy atom. The van der Waals surface area contributed by atoms with E-state index in [9.17, 15) is 13.2 Å². The molecule has 0 amide bonds. The third-order valence-corrected chi connectivity index (χ3v) is 3.80. The number of carboxylic acid groups (broad SMARTS) is 1. The zero-order valence-corrected chi connectivity index (χ0v) is 9.22. The van der Waals surface area contributed by atoms with Crippen molar-refractivity contribution in [3.8, 4) is 0 Å². The minimum Gasteiger partial charge on any atom is -0.481 e. The predicted octanol–water partition coefficient (Wildman–Crippen LogP) is 1.45. The Balaban J connectivity index is 2.69. The molecular weight excluding hydrogens is 228 g/mol. The van der Waals surface area contributed by atoms with Crippen LogP contribution in [-0.4, -0.2) is 25.2 Å². The first kappa shape index (κ1) is 11.8. The van der Waals surface area contributed by atoms with E-state index in [0.717, 1.165) is 25.7 Å². The summed E-state index contributed by atoms with van der Waals surface area (Å²) >= 11 is 0. The minimum absolute atomic E-state index is 0.0268. The van der Waals surface area contributed by atoms with Gasteiger partial charge in [0.25, 0.3) is 0 Å². The molecule has 0 saturated heterocycles. The van der Waals surface area contributed by atoms with Crippen LogP contribution >= 0.6 is 10.7 Å². The molecule has 1 N–H and O–H groups in total. The lowest BCUT2D eigenvalue weighted by molar-refractivity contribution is -0.142. The number of carbonyl (C=O) groups is 1. The van der Waals surface area contributed by atoms with Crippen LogP contribution in [0.1, 0.15) is 25.7 Å². The molecule has 1 aliphatic carbocycles. The molecule has 0 aromatic heterocycles. The Bertz CT molecular complexity index is 305. The highest BCUT2D eigenvalue weighted by atomic mass is 35.7. The zero-order chi connectivity index (χ0) is 10.8. The monoisotopic (exact) mass is 240 g/mol. The van der Waals surface area contributed by atoms with E-state index in [1.54, 1.807) is 0 Å². The quantitative estimate of drug-likeness (QED) is 0.755. The van der Waals surface area contributed by atoms with E-state index in [4.69, 9.17) is 15.8 Å². The lowest BCUT2D eigenvalue weighted by Gasteiger charge is -2.16. The normalized spacial score (nSPS) is 20.9. The van der Waals surface area contributed by atoms with E-state index >= 15 is 0 Å². The summed E-state index contributed by atoms with van der Waals surface area (Å²) in [5.74, 6) is -2.36. The summed E-state index contributed by atoms with van der Waals surface area (Å²) in [5.41, 5.74) is 0. The van der Waals surface area contributed by atoms with Crippen molar-refractivity contribution in [3.05, 3.63) is 0 Å². The van der Waals surface area contributed by atoms with Gasteiger partial charge >= 0.3 is 5.97 Å². The molecule has 0 radical (unpaired) electrons. The van der Waals surface area contributed by atoms with Crippen LogP contribution in [0.2, 0.25) is 0 Å². The molecule has 1 rings (SSSR count). The molecule has 1 unspecified atom stereocenters. The topological polar surface area (TPSA) is 71.4 Å². The van der Waals surface area contributed by atoms with Crippen molar-refractivity contribution < 1.29 is 18.3 Å². The molecule has 1 aliphatic rings. The Labute approximate surface area is 87.7 Å². The molecule has 0 aliphatic heterocycles. The smallest absolute Gasteiger partial charge is 0.307 e. The number of hydrogen-bond acceptors (Lipinski definition) is 3. The Kier molecular flexibility index (Phi) is 3.78. The SMILES string of the molecule is O=C(O)C(CS(=O)(=O)Cl)C1CCCC1. The summed E-state index contributed by atoms with van der Waals surface area (Å²) in [4.78, 5) is 10.8. The van der Waals surface area contributed by atoms with Gasteiger partial charge in [0.05, 0.1) is 11.7 Å². The maximum Gasteiger partial charge on any atom is 0.307 e. The van der Waals surface area contributed by atoms with Crippen molar-refractivity contribution in [1.82, 2.24) is 0 Å². The van der Waals surface area contributed by atoms with Crippen molar-refractivity contribution in [3.63, 3.8) is 0 Å². The summed E-state index contributed by atoms with van der Waals surface area (Å²) in [7, 11) is 1.34. The number of rotatable bonds is 4. The fraction of sp³-hybridized carbons (Fsp3) is 0.875. The molecule has 1 atom stereocenters. The van der Waals surface area contributed by atoms with Crippen LogP contribution in [-0.2, 0) is 13.8 Å². The molecule has 0 spiro atoms. The zero-order valence-electron chi connectivity index (χ0n) is 7.65. The maximum absolute atomic E-state index is 10.8. The van der Waals surface area contributed by atoms with Crippen LogP contribution in [0.4, 0.5) is 0 Å². The predicted molar refractivity (Wildman–Crippen MR) is 52.7 cm³/mol. The summed E-state index contributed by atoms with van der Waals surface area (Å²) in [5, 5.41) is 8.87. The van der Waals surface area contributed by atoms with Crippen LogP contribution in [0.25, 0.3) is 0 Å². The summed E-state index contributed by atoms with van der Waals surface area (Å²) < 4.78 is 21.6. The lowest BCUT2D eigenvalue weighted by Crippen LogP contribution is -2.27. The first-order valence-electron chi connectivity index (χ1n) is 4.55. The van der Waals surface area contributed by atoms with E-state index in [2.05, 4.69) is 0 Å². The van der Waals surface area contributed by atoms with Gasteiger partial charge in [-0.25, -0.2) is 8.42 Å². The number of halogens is 1. The molecule has 0 aromatic rings. The highest BCUT2D eigenvalue weighted by Gasteiger charge is 2.33. The summed E-state index contributed by atoms with van der Waals surface area (Å²) in [6.07, 6.45) is 3.56. The van der Waals surface area contributed by atoms with E-state index in [1.165, 1.54) is 0 Å².